The van der Waals surface area contributed by atoms with Gasteiger partial charge in [0, 0.05) is 18.2 Å². The lowest BCUT2D eigenvalue weighted by Gasteiger charge is -2.02. The average Bonchev–Trinajstić information content (AvgIpc) is 3.09. The van der Waals surface area contributed by atoms with E-state index in [1.807, 2.05) is 43.3 Å². The van der Waals surface area contributed by atoms with Crippen LogP contribution in [0.1, 0.15) is 23.6 Å². The summed E-state index contributed by atoms with van der Waals surface area (Å²) in [5, 5.41) is 3.94. The largest absolute Gasteiger partial charge is 0.459 e. The molecule has 0 fully saturated rings. The molecular weight excluding hydrogens is 306 g/mol. The monoisotopic (exact) mass is 323 g/mol. The Morgan fingerprint density at radius 1 is 1.17 bits per heavy atom. The van der Waals surface area contributed by atoms with Gasteiger partial charge in [-0.2, -0.15) is 4.98 Å². The van der Waals surface area contributed by atoms with Crippen LogP contribution in [0.2, 0.25) is 0 Å². The van der Waals surface area contributed by atoms with Crippen molar-refractivity contribution in [2.75, 3.05) is 0 Å². The fourth-order valence-corrected chi connectivity index (χ4v) is 2.10. The third kappa shape index (κ3) is 4.25. The third-order valence-electron chi connectivity index (χ3n) is 3.43. The van der Waals surface area contributed by atoms with E-state index in [1.165, 1.54) is 0 Å². The number of esters is 1. The molecule has 0 aliphatic rings. The number of hydrogen-bond donors (Lipinski definition) is 0. The minimum atomic E-state index is -0.323. The second kappa shape index (κ2) is 7.50. The highest BCUT2D eigenvalue weighted by Gasteiger charge is 2.11. The van der Waals surface area contributed by atoms with Gasteiger partial charge in [0.15, 0.2) is 0 Å². The zero-order valence-corrected chi connectivity index (χ0v) is 13.3. The molecular formula is C18H17N3O3. The van der Waals surface area contributed by atoms with E-state index in [1.54, 1.807) is 12.3 Å². The van der Waals surface area contributed by atoms with Crippen molar-refractivity contribution < 1.29 is 14.1 Å². The zero-order valence-electron chi connectivity index (χ0n) is 13.3. The minimum absolute atomic E-state index is 0.165. The van der Waals surface area contributed by atoms with Crippen LogP contribution in [-0.4, -0.2) is 21.1 Å². The topological polar surface area (TPSA) is 78.1 Å². The van der Waals surface area contributed by atoms with E-state index in [9.17, 15) is 4.79 Å². The molecule has 24 heavy (non-hydrogen) atoms. The number of benzene rings is 1. The fourth-order valence-electron chi connectivity index (χ4n) is 2.10. The lowest BCUT2D eigenvalue weighted by atomic mass is 10.1. The van der Waals surface area contributed by atoms with Crippen molar-refractivity contribution in [1.29, 1.82) is 0 Å². The summed E-state index contributed by atoms with van der Waals surface area (Å²) >= 11 is 0. The maximum absolute atomic E-state index is 11.8. The molecule has 0 aliphatic heterocycles. The van der Waals surface area contributed by atoms with Crippen molar-refractivity contribution in [2.24, 2.45) is 0 Å². The van der Waals surface area contributed by atoms with Gasteiger partial charge in [0.1, 0.15) is 6.61 Å². The van der Waals surface area contributed by atoms with Crippen molar-refractivity contribution >= 4 is 5.97 Å². The molecule has 0 amide bonds. The second-order valence-electron chi connectivity index (χ2n) is 5.36. The minimum Gasteiger partial charge on any atom is -0.459 e. The first-order valence-corrected chi connectivity index (χ1v) is 7.66. The summed E-state index contributed by atoms with van der Waals surface area (Å²) in [5.74, 6) is 0.614. The summed E-state index contributed by atoms with van der Waals surface area (Å²) in [5.41, 5.74) is 2.76. The fraction of sp³-hybridized carbons (Fsp3) is 0.222. The first kappa shape index (κ1) is 15.9. The van der Waals surface area contributed by atoms with Crippen LogP contribution in [0.5, 0.6) is 0 Å². The lowest BCUT2D eigenvalue weighted by Crippen LogP contribution is -2.06. The van der Waals surface area contributed by atoms with E-state index in [0.29, 0.717) is 23.8 Å². The van der Waals surface area contributed by atoms with Crippen LogP contribution in [0.15, 0.2) is 53.2 Å². The van der Waals surface area contributed by atoms with Crippen LogP contribution >= 0.6 is 0 Å². The standard InChI is InChI=1S/C18H17N3O3/c1-13-5-7-14(8-6-13)18-20-16(24-21-18)9-10-17(22)23-12-15-4-2-3-11-19-15/h2-8,11H,9-10,12H2,1H3. The predicted octanol–water partition coefficient (Wildman–Crippen LogP) is 3.12. The Morgan fingerprint density at radius 3 is 2.75 bits per heavy atom. The summed E-state index contributed by atoms with van der Waals surface area (Å²) in [6.45, 7) is 2.18. The van der Waals surface area contributed by atoms with Crippen molar-refractivity contribution in [2.45, 2.75) is 26.4 Å². The highest BCUT2D eigenvalue weighted by atomic mass is 16.5. The van der Waals surface area contributed by atoms with Crippen LogP contribution in [0.3, 0.4) is 0 Å². The van der Waals surface area contributed by atoms with Gasteiger partial charge in [-0.15, -0.1) is 0 Å². The normalized spacial score (nSPS) is 10.5. The van der Waals surface area contributed by atoms with Crippen LogP contribution in [0.25, 0.3) is 11.4 Å². The number of ether oxygens (including phenoxy) is 1. The van der Waals surface area contributed by atoms with E-state index in [2.05, 4.69) is 15.1 Å². The van der Waals surface area contributed by atoms with Gasteiger partial charge in [-0.1, -0.05) is 41.1 Å². The summed E-state index contributed by atoms with van der Waals surface area (Å²) in [7, 11) is 0. The molecule has 2 heterocycles. The molecule has 122 valence electrons. The van der Waals surface area contributed by atoms with Crippen molar-refractivity contribution in [3.05, 3.63) is 65.8 Å². The number of carbonyl (C=O) groups excluding carboxylic acids is 1. The maximum Gasteiger partial charge on any atom is 0.306 e. The molecule has 2 aromatic heterocycles. The lowest BCUT2D eigenvalue weighted by molar-refractivity contribution is -0.145. The predicted molar refractivity (Wildman–Crippen MR) is 86.8 cm³/mol. The molecule has 0 radical (unpaired) electrons. The van der Waals surface area contributed by atoms with Crippen molar-refractivity contribution in [3.63, 3.8) is 0 Å². The first-order chi connectivity index (χ1) is 11.7. The second-order valence-corrected chi connectivity index (χ2v) is 5.36. The Labute approximate surface area is 139 Å². The molecule has 0 saturated heterocycles. The number of carbonyl (C=O) groups is 1. The van der Waals surface area contributed by atoms with Crippen LogP contribution in [-0.2, 0) is 22.6 Å². The molecule has 0 atom stereocenters. The van der Waals surface area contributed by atoms with Crippen LogP contribution < -0.4 is 0 Å². The van der Waals surface area contributed by atoms with E-state index in [-0.39, 0.29) is 19.0 Å². The van der Waals surface area contributed by atoms with Gasteiger partial charge in [-0.05, 0) is 19.1 Å². The van der Waals surface area contributed by atoms with Gasteiger partial charge < -0.3 is 9.26 Å². The smallest absolute Gasteiger partial charge is 0.306 e. The van der Waals surface area contributed by atoms with Gasteiger partial charge in [-0.3, -0.25) is 9.78 Å². The van der Waals surface area contributed by atoms with Crippen molar-refractivity contribution in [3.8, 4) is 11.4 Å². The zero-order chi connectivity index (χ0) is 16.8. The van der Waals surface area contributed by atoms with Gasteiger partial charge >= 0.3 is 5.97 Å². The van der Waals surface area contributed by atoms with Gasteiger partial charge in [-0.25, -0.2) is 0 Å². The molecule has 0 aliphatic carbocycles. The molecule has 6 nitrogen and oxygen atoms in total. The molecule has 0 unspecified atom stereocenters. The molecule has 6 heteroatoms. The van der Waals surface area contributed by atoms with E-state index < -0.39 is 0 Å². The Hall–Kier alpha value is -3.02. The average molecular weight is 323 g/mol. The summed E-state index contributed by atoms with van der Waals surface area (Å²) in [6.07, 6.45) is 2.19. The maximum atomic E-state index is 11.8. The molecule has 3 rings (SSSR count). The number of hydrogen-bond acceptors (Lipinski definition) is 6. The molecule has 0 N–H and O–H groups in total. The SMILES string of the molecule is Cc1ccc(-c2noc(CCC(=O)OCc3ccccn3)n2)cc1. The van der Waals surface area contributed by atoms with Crippen LogP contribution in [0, 0.1) is 6.92 Å². The Bertz CT molecular complexity index is 798. The van der Waals surface area contributed by atoms with E-state index in [0.717, 1.165) is 11.1 Å². The Morgan fingerprint density at radius 2 is 2.00 bits per heavy atom. The number of pyridine rings is 1. The highest BCUT2D eigenvalue weighted by molar-refractivity contribution is 5.69. The van der Waals surface area contributed by atoms with E-state index in [4.69, 9.17) is 9.26 Å². The summed E-state index contributed by atoms with van der Waals surface area (Å²) in [4.78, 5) is 20.2. The number of aromatic nitrogens is 3. The number of nitrogens with zero attached hydrogens (tertiary/aromatic N) is 3. The molecule has 0 bridgehead atoms. The van der Waals surface area contributed by atoms with Crippen molar-refractivity contribution in [1.82, 2.24) is 15.1 Å². The Kier molecular flexibility index (Phi) is 4.96. The quantitative estimate of drug-likeness (QED) is 0.649. The van der Waals surface area contributed by atoms with E-state index >= 15 is 0 Å². The summed E-state index contributed by atoms with van der Waals surface area (Å²) < 4.78 is 10.3. The number of rotatable bonds is 6. The van der Waals surface area contributed by atoms with Gasteiger partial charge in [0.2, 0.25) is 11.7 Å². The van der Waals surface area contributed by atoms with Gasteiger partial charge in [0.05, 0.1) is 12.1 Å². The van der Waals surface area contributed by atoms with Gasteiger partial charge in [0.25, 0.3) is 0 Å². The molecule has 0 saturated carbocycles. The molecule has 3 aromatic rings. The molecule has 0 spiro atoms. The molecule has 1 aromatic carbocycles. The Balaban J connectivity index is 1.50. The third-order valence-corrected chi connectivity index (χ3v) is 3.43. The number of aryl methyl sites for hydroxylation is 2. The highest BCUT2D eigenvalue weighted by Crippen LogP contribution is 2.16. The first-order valence-electron chi connectivity index (χ1n) is 7.66. The van der Waals surface area contributed by atoms with Crippen LogP contribution in [0.4, 0.5) is 0 Å². The summed E-state index contributed by atoms with van der Waals surface area (Å²) in [6, 6.07) is 13.3.